The van der Waals surface area contributed by atoms with Crippen LogP contribution < -0.4 is 0 Å². The van der Waals surface area contributed by atoms with Crippen LogP contribution in [0, 0.1) is 10.1 Å². The summed E-state index contributed by atoms with van der Waals surface area (Å²) in [6.07, 6.45) is 1.97. The molecule has 2 aromatic carbocycles. The smallest absolute Gasteiger partial charge is 0.258 e. The van der Waals surface area contributed by atoms with Gasteiger partial charge in [0.2, 0.25) is 0 Å². The number of aromatic nitrogens is 1. The third-order valence-corrected chi connectivity index (χ3v) is 3.49. The fourth-order valence-electron chi connectivity index (χ4n) is 2.30. The summed E-state index contributed by atoms with van der Waals surface area (Å²) in [5.41, 5.74) is 3.88. The lowest BCUT2D eigenvalue weighted by Crippen LogP contribution is -1.88. The average molecular weight is 290 g/mol. The Labute approximate surface area is 127 Å². The van der Waals surface area contributed by atoms with Crippen molar-refractivity contribution >= 4 is 28.2 Å². The van der Waals surface area contributed by atoms with Crippen molar-refractivity contribution in [1.82, 2.24) is 4.98 Å². The van der Waals surface area contributed by atoms with E-state index >= 15 is 0 Å². The fourth-order valence-corrected chi connectivity index (χ4v) is 2.30. The number of nitro groups is 1. The maximum atomic E-state index is 10.7. The molecule has 0 spiro atoms. The number of allylic oxidation sites excluding steroid dienone is 1. The van der Waals surface area contributed by atoms with Crippen LogP contribution in [0.15, 0.2) is 60.7 Å². The van der Waals surface area contributed by atoms with Crippen molar-refractivity contribution in [2.24, 2.45) is 0 Å². The zero-order valence-corrected chi connectivity index (χ0v) is 12.1. The van der Waals surface area contributed by atoms with Gasteiger partial charge in [-0.05, 0) is 48.4 Å². The topological polar surface area (TPSA) is 56.0 Å². The highest BCUT2D eigenvalue weighted by molar-refractivity contribution is 5.84. The second-order valence-corrected chi connectivity index (χ2v) is 5.07. The fraction of sp³-hybridized carbons (Fsp3) is 0.0556. The number of nitrogens with zero attached hydrogens (tertiary/aromatic N) is 2. The van der Waals surface area contributed by atoms with Crippen LogP contribution in [-0.4, -0.2) is 9.91 Å². The maximum Gasteiger partial charge on any atom is 0.269 e. The molecule has 3 rings (SSSR count). The van der Waals surface area contributed by atoms with E-state index in [0.717, 1.165) is 27.7 Å². The van der Waals surface area contributed by atoms with Crippen molar-refractivity contribution in [3.8, 4) is 0 Å². The summed E-state index contributed by atoms with van der Waals surface area (Å²) >= 11 is 0. The molecule has 0 amide bonds. The van der Waals surface area contributed by atoms with Gasteiger partial charge in [0.25, 0.3) is 5.69 Å². The third kappa shape index (κ3) is 2.86. The molecular weight excluding hydrogens is 276 g/mol. The molecule has 0 radical (unpaired) electrons. The monoisotopic (exact) mass is 290 g/mol. The Morgan fingerprint density at radius 2 is 1.77 bits per heavy atom. The van der Waals surface area contributed by atoms with Gasteiger partial charge >= 0.3 is 0 Å². The molecule has 108 valence electrons. The minimum atomic E-state index is -0.398. The van der Waals surface area contributed by atoms with Gasteiger partial charge < -0.3 is 0 Å². The SMILES string of the molecule is C/C(=C/c1ccc([N+](=O)[O-])cc1)c1ccc2ccccc2n1. The number of rotatable bonds is 3. The molecule has 0 atom stereocenters. The number of hydrogen-bond donors (Lipinski definition) is 0. The summed E-state index contributed by atoms with van der Waals surface area (Å²) in [6, 6.07) is 18.5. The second kappa shape index (κ2) is 5.77. The van der Waals surface area contributed by atoms with Crippen molar-refractivity contribution < 1.29 is 4.92 Å². The van der Waals surface area contributed by atoms with Crippen LogP contribution in [-0.2, 0) is 0 Å². The molecule has 0 bridgehead atoms. The van der Waals surface area contributed by atoms with Gasteiger partial charge in [-0.25, -0.2) is 4.98 Å². The lowest BCUT2D eigenvalue weighted by molar-refractivity contribution is -0.384. The molecule has 1 heterocycles. The summed E-state index contributed by atoms with van der Waals surface area (Å²) in [6.45, 7) is 1.98. The van der Waals surface area contributed by atoms with Gasteiger partial charge in [0.15, 0.2) is 0 Å². The van der Waals surface area contributed by atoms with Crippen LogP contribution in [0.1, 0.15) is 18.2 Å². The van der Waals surface area contributed by atoms with Crippen molar-refractivity contribution in [2.75, 3.05) is 0 Å². The normalized spacial score (nSPS) is 11.6. The Balaban J connectivity index is 1.93. The first kappa shape index (κ1) is 13.9. The van der Waals surface area contributed by atoms with E-state index in [-0.39, 0.29) is 5.69 Å². The minimum absolute atomic E-state index is 0.0960. The van der Waals surface area contributed by atoms with Crippen molar-refractivity contribution in [2.45, 2.75) is 6.92 Å². The number of pyridine rings is 1. The Hall–Kier alpha value is -3.01. The van der Waals surface area contributed by atoms with Crippen LogP contribution in [0.4, 0.5) is 5.69 Å². The molecule has 1 aromatic heterocycles. The molecule has 3 aromatic rings. The highest BCUT2D eigenvalue weighted by Gasteiger charge is 2.04. The number of fused-ring (bicyclic) bond motifs is 1. The quantitative estimate of drug-likeness (QED) is 0.518. The van der Waals surface area contributed by atoms with Crippen molar-refractivity contribution in [1.29, 1.82) is 0 Å². The van der Waals surface area contributed by atoms with Gasteiger partial charge in [-0.2, -0.15) is 0 Å². The molecule has 0 aliphatic heterocycles. The Kier molecular flexibility index (Phi) is 3.66. The van der Waals surface area contributed by atoms with Gasteiger partial charge in [0.1, 0.15) is 0 Å². The predicted molar refractivity (Wildman–Crippen MR) is 88.4 cm³/mol. The van der Waals surface area contributed by atoms with Crippen LogP contribution in [0.2, 0.25) is 0 Å². The lowest BCUT2D eigenvalue weighted by atomic mass is 10.1. The van der Waals surface area contributed by atoms with E-state index in [1.54, 1.807) is 12.1 Å². The van der Waals surface area contributed by atoms with E-state index in [4.69, 9.17) is 0 Å². The van der Waals surface area contributed by atoms with Gasteiger partial charge in [-0.1, -0.05) is 24.3 Å². The molecule has 0 saturated heterocycles. The first-order valence-electron chi connectivity index (χ1n) is 6.92. The first-order valence-corrected chi connectivity index (χ1v) is 6.92. The maximum absolute atomic E-state index is 10.7. The van der Waals surface area contributed by atoms with E-state index in [1.807, 2.05) is 49.4 Å². The van der Waals surface area contributed by atoms with Gasteiger partial charge in [-0.3, -0.25) is 10.1 Å². The number of para-hydroxylation sites is 1. The van der Waals surface area contributed by atoms with E-state index in [2.05, 4.69) is 4.98 Å². The molecule has 0 aliphatic rings. The zero-order chi connectivity index (χ0) is 15.5. The standard InChI is InChI=1S/C18H14N2O2/c1-13(12-14-6-9-16(10-7-14)20(21)22)17-11-8-15-4-2-3-5-18(15)19-17/h2-12H,1H3/b13-12-. The molecule has 0 N–H and O–H groups in total. The minimum Gasteiger partial charge on any atom is -0.258 e. The van der Waals surface area contributed by atoms with Gasteiger partial charge in [0, 0.05) is 17.5 Å². The number of benzene rings is 2. The van der Waals surface area contributed by atoms with Crippen LogP contribution >= 0.6 is 0 Å². The Morgan fingerprint density at radius 3 is 2.50 bits per heavy atom. The lowest BCUT2D eigenvalue weighted by Gasteiger charge is -2.04. The Bertz CT molecular complexity index is 868. The van der Waals surface area contributed by atoms with E-state index in [9.17, 15) is 10.1 Å². The van der Waals surface area contributed by atoms with Crippen LogP contribution in [0.5, 0.6) is 0 Å². The van der Waals surface area contributed by atoms with Crippen molar-refractivity contribution in [3.05, 3.63) is 82.0 Å². The molecular formula is C18H14N2O2. The Morgan fingerprint density at radius 1 is 1.05 bits per heavy atom. The largest absolute Gasteiger partial charge is 0.269 e. The zero-order valence-electron chi connectivity index (χ0n) is 12.1. The predicted octanol–water partition coefficient (Wildman–Crippen LogP) is 4.70. The number of hydrogen-bond acceptors (Lipinski definition) is 3. The van der Waals surface area contributed by atoms with Crippen LogP contribution in [0.3, 0.4) is 0 Å². The molecule has 0 aliphatic carbocycles. The van der Waals surface area contributed by atoms with Crippen molar-refractivity contribution in [3.63, 3.8) is 0 Å². The summed E-state index contributed by atoms with van der Waals surface area (Å²) in [5.74, 6) is 0. The third-order valence-electron chi connectivity index (χ3n) is 3.49. The summed E-state index contributed by atoms with van der Waals surface area (Å²) in [4.78, 5) is 14.9. The molecule has 0 unspecified atom stereocenters. The molecule has 0 saturated carbocycles. The second-order valence-electron chi connectivity index (χ2n) is 5.07. The van der Waals surface area contributed by atoms with Gasteiger partial charge in [-0.15, -0.1) is 0 Å². The van der Waals surface area contributed by atoms with E-state index in [1.165, 1.54) is 12.1 Å². The summed E-state index contributed by atoms with van der Waals surface area (Å²) in [5, 5.41) is 11.8. The summed E-state index contributed by atoms with van der Waals surface area (Å²) in [7, 11) is 0. The average Bonchev–Trinajstić information content (AvgIpc) is 2.55. The van der Waals surface area contributed by atoms with Gasteiger partial charge in [0.05, 0.1) is 16.1 Å². The number of nitro benzene ring substituents is 1. The highest BCUT2D eigenvalue weighted by Crippen LogP contribution is 2.20. The van der Waals surface area contributed by atoms with E-state index in [0.29, 0.717) is 0 Å². The molecule has 4 heteroatoms. The molecule has 4 nitrogen and oxygen atoms in total. The summed E-state index contributed by atoms with van der Waals surface area (Å²) < 4.78 is 0. The van der Waals surface area contributed by atoms with Crippen LogP contribution in [0.25, 0.3) is 22.6 Å². The van der Waals surface area contributed by atoms with E-state index < -0.39 is 4.92 Å². The molecule has 0 fully saturated rings. The number of non-ortho nitro benzene ring substituents is 1. The first-order chi connectivity index (χ1) is 10.6. The highest BCUT2D eigenvalue weighted by atomic mass is 16.6. The molecule has 22 heavy (non-hydrogen) atoms.